The molecule has 0 spiro atoms. The Kier molecular flexibility index (Phi) is 3.07. The average Bonchev–Trinajstić information content (AvgIpc) is 2.39. The summed E-state index contributed by atoms with van der Waals surface area (Å²) < 4.78 is 28.1. The summed E-state index contributed by atoms with van der Waals surface area (Å²) >= 11 is 3.15. The lowest BCUT2D eigenvalue weighted by Gasteiger charge is -2.37. The van der Waals surface area contributed by atoms with Gasteiger partial charge < -0.3 is 9.32 Å². The van der Waals surface area contributed by atoms with Crippen LogP contribution in [-0.4, -0.2) is 43.8 Å². The molecule has 0 N–H and O–H groups in total. The van der Waals surface area contributed by atoms with Crippen molar-refractivity contribution in [1.82, 2.24) is 4.90 Å². The van der Waals surface area contributed by atoms with Crippen molar-refractivity contribution in [3.63, 3.8) is 0 Å². The van der Waals surface area contributed by atoms with Crippen LogP contribution < -0.4 is 0 Å². The summed E-state index contributed by atoms with van der Waals surface area (Å²) in [7, 11) is -3.05. The van der Waals surface area contributed by atoms with Gasteiger partial charge in [0, 0.05) is 25.4 Å². The van der Waals surface area contributed by atoms with Crippen molar-refractivity contribution in [2.45, 2.75) is 12.2 Å². The van der Waals surface area contributed by atoms with Gasteiger partial charge >= 0.3 is 0 Å². The Morgan fingerprint density at radius 1 is 1.53 bits per heavy atom. The van der Waals surface area contributed by atoms with Gasteiger partial charge in [0.05, 0.1) is 10.8 Å². The number of rotatable bonds is 2. The predicted octanol–water partition coefficient (Wildman–Crippen LogP) is 1.22. The monoisotopic (exact) mass is 321 g/mol. The Morgan fingerprint density at radius 3 is 2.53 bits per heavy atom. The van der Waals surface area contributed by atoms with Gasteiger partial charge in [-0.15, -0.1) is 0 Å². The lowest BCUT2D eigenvalue weighted by molar-refractivity contribution is 0.0657. The molecule has 94 valence electrons. The van der Waals surface area contributed by atoms with E-state index in [0.29, 0.717) is 16.0 Å². The van der Waals surface area contributed by atoms with Gasteiger partial charge in [-0.2, -0.15) is 0 Å². The molecule has 2 rings (SSSR count). The minimum Gasteiger partial charge on any atom is -0.454 e. The Balaban J connectivity index is 2.08. The first-order chi connectivity index (χ1) is 7.79. The smallest absolute Gasteiger partial charge is 0.257 e. The lowest BCUT2D eigenvalue weighted by atomic mass is 10.1. The van der Waals surface area contributed by atoms with Crippen molar-refractivity contribution in [2.75, 3.05) is 19.3 Å². The quantitative estimate of drug-likeness (QED) is 0.821. The van der Waals surface area contributed by atoms with Crippen LogP contribution in [0.5, 0.6) is 0 Å². The predicted molar refractivity (Wildman–Crippen MR) is 65.7 cm³/mol. The van der Waals surface area contributed by atoms with Crippen LogP contribution in [-0.2, 0) is 9.84 Å². The van der Waals surface area contributed by atoms with Crippen LogP contribution in [0.2, 0.25) is 0 Å². The van der Waals surface area contributed by atoms with Crippen LogP contribution in [0.3, 0.4) is 0 Å². The molecule has 1 aromatic rings. The second-order valence-electron chi connectivity index (χ2n) is 4.18. The summed E-state index contributed by atoms with van der Waals surface area (Å²) in [6.07, 6.45) is 1.19. The Morgan fingerprint density at radius 2 is 2.12 bits per heavy atom. The Hall–Kier alpha value is -0.820. The van der Waals surface area contributed by atoms with Gasteiger partial charge in [-0.3, -0.25) is 4.79 Å². The number of sulfone groups is 1. The number of halogens is 1. The molecule has 5 nitrogen and oxygen atoms in total. The summed E-state index contributed by atoms with van der Waals surface area (Å²) in [6, 6.07) is 1.60. The summed E-state index contributed by atoms with van der Waals surface area (Å²) in [5, 5.41) is -0.429. The molecule has 1 aliphatic heterocycles. The highest BCUT2D eigenvalue weighted by atomic mass is 79.9. The maximum atomic E-state index is 12.0. The first-order valence-corrected chi connectivity index (χ1v) is 7.78. The molecule has 0 bridgehead atoms. The fraction of sp³-hybridized carbons (Fsp3) is 0.500. The van der Waals surface area contributed by atoms with Crippen molar-refractivity contribution in [3.05, 3.63) is 22.1 Å². The van der Waals surface area contributed by atoms with Gasteiger partial charge in [0.15, 0.2) is 14.5 Å². The topological polar surface area (TPSA) is 67.6 Å². The van der Waals surface area contributed by atoms with E-state index in [9.17, 15) is 13.2 Å². The molecule has 0 aliphatic carbocycles. The number of aryl methyl sites for hydroxylation is 1. The number of likely N-dealkylation sites (tertiary alicyclic amines) is 1. The van der Waals surface area contributed by atoms with Crippen LogP contribution in [0.25, 0.3) is 0 Å². The highest BCUT2D eigenvalue weighted by molar-refractivity contribution is 9.10. The zero-order valence-electron chi connectivity index (χ0n) is 9.44. The Labute approximate surface area is 108 Å². The van der Waals surface area contributed by atoms with E-state index in [1.165, 1.54) is 11.2 Å². The SMILES string of the molecule is Cc1oc(Br)cc1C(=O)N1CC(S(C)(=O)=O)C1. The molecular weight excluding hydrogens is 310 g/mol. The number of carbonyl (C=O) groups is 1. The van der Waals surface area contributed by atoms with E-state index in [-0.39, 0.29) is 19.0 Å². The minimum atomic E-state index is -3.05. The number of carbonyl (C=O) groups excluding carboxylic acids is 1. The Bertz CT molecular complexity index is 557. The molecule has 0 atom stereocenters. The van der Waals surface area contributed by atoms with Crippen molar-refractivity contribution in [1.29, 1.82) is 0 Å². The zero-order chi connectivity index (χ0) is 12.8. The summed E-state index contributed by atoms with van der Waals surface area (Å²) in [5.74, 6) is 0.349. The van der Waals surface area contributed by atoms with E-state index in [1.807, 2.05) is 0 Å². The third-order valence-electron chi connectivity index (χ3n) is 2.86. The van der Waals surface area contributed by atoms with Crippen LogP contribution in [0.1, 0.15) is 16.1 Å². The number of hydrogen-bond acceptors (Lipinski definition) is 4. The number of hydrogen-bond donors (Lipinski definition) is 0. The third-order valence-corrected chi connectivity index (χ3v) is 4.76. The van der Waals surface area contributed by atoms with Gasteiger partial charge in [0.25, 0.3) is 5.91 Å². The van der Waals surface area contributed by atoms with E-state index in [0.717, 1.165) is 0 Å². The molecule has 0 saturated carbocycles. The normalized spacial score (nSPS) is 17.0. The molecule has 1 aliphatic rings. The molecular formula is C10H12BrNO4S. The fourth-order valence-corrected chi connectivity index (χ4v) is 3.08. The van der Waals surface area contributed by atoms with Crippen molar-refractivity contribution in [3.8, 4) is 0 Å². The second-order valence-corrected chi connectivity index (χ2v) is 7.29. The van der Waals surface area contributed by atoms with Gasteiger partial charge in [-0.05, 0) is 22.9 Å². The third kappa shape index (κ3) is 2.40. The molecule has 0 radical (unpaired) electrons. The average molecular weight is 322 g/mol. The van der Waals surface area contributed by atoms with E-state index in [4.69, 9.17) is 4.42 Å². The standard InChI is InChI=1S/C10H12BrNO4S/c1-6-8(3-9(11)16-6)10(13)12-4-7(5-12)17(2,14)15/h3,7H,4-5H2,1-2H3. The summed E-state index contributed by atoms with van der Waals surface area (Å²) in [6.45, 7) is 2.23. The maximum Gasteiger partial charge on any atom is 0.257 e. The highest BCUT2D eigenvalue weighted by Gasteiger charge is 2.38. The van der Waals surface area contributed by atoms with Crippen LogP contribution >= 0.6 is 15.9 Å². The van der Waals surface area contributed by atoms with Crippen molar-refractivity contribution < 1.29 is 17.6 Å². The summed E-state index contributed by atoms with van der Waals surface area (Å²) in [5.41, 5.74) is 0.476. The first-order valence-electron chi connectivity index (χ1n) is 5.03. The van der Waals surface area contributed by atoms with E-state index < -0.39 is 15.1 Å². The molecule has 17 heavy (non-hydrogen) atoms. The van der Waals surface area contributed by atoms with Crippen molar-refractivity contribution in [2.24, 2.45) is 0 Å². The lowest BCUT2D eigenvalue weighted by Crippen LogP contribution is -2.56. The van der Waals surface area contributed by atoms with Gasteiger partial charge in [0.1, 0.15) is 5.76 Å². The van der Waals surface area contributed by atoms with Crippen LogP contribution in [0.4, 0.5) is 0 Å². The minimum absolute atomic E-state index is 0.183. The second kappa shape index (κ2) is 4.13. The molecule has 1 saturated heterocycles. The van der Waals surface area contributed by atoms with Crippen LogP contribution in [0.15, 0.2) is 15.2 Å². The molecule has 1 aromatic heterocycles. The largest absolute Gasteiger partial charge is 0.454 e. The van der Waals surface area contributed by atoms with Gasteiger partial charge in [-0.25, -0.2) is 8.42 Å². The molecule has 7 heteroatoms. The van der Waals surface area contributed by atoms with Gasteiger partial charge in [0.2, 0.25) is 0 Å². The maximum absolute atomic E-state index is 12.0. The number of nitrogens with zero attached hydrogens (tertiary/aromatic N) is 1. The molecule has 1 amide bonds. The number of furan rings is 1. The zero-order valence-corrected chi connectivity index (χ0v) is 11.8. The number of amides is 1. The van der Waals surface area contributed by atoms with Gasteiger partial charge in [-0.1, -0.05) is 0 Å². The molecule has 1 fully saturated rings. The molecule has 2 heterocycles. The van der Waals surface area contributed by atoms with Crippen molar-refractivity contribution >= 4 is 31.7 Å². The fourth-order valence-electron chi connectivity index (χ4n) is 1.70. The van der Waals surface area contributed by atoms with E-state index in [2.05, 4.69) is 15.9 Å². The van der Waals surface area contributed by atoms with E-state index in [1.54, 1.807) is 13.0 Å². The molecule has 0 aromatic carbocycles. The highest BCUT2D eigenvalue weighted by Crippen LogP contribution is 2.24. The molecule has 0 unspecified atom stereocenters. The van der Waals surface area contributed by atoms with Crippen LogP contribution in [0, 0.1) is 6.92 Å². The van der Waals surface area contributed by atoms with E-state index >= 15 is 0 Å². The first kappa shape index (κ1) is 12.6. The summed E-state index contributed by atoms with van der Waals surface area (Å²) in [4.78, 5) is 13.5.